The Morgan fingerprint density at radius 1 is 1.20 bits per heavy atom. The largest absolute Gasteiger partial charge is 0.668 e. The van der Waals surface area contributed by atoms with Crippen molar-refractivity contribution in [2.45, 2.75) is 0 Å². The summed E-state index contributed by atoms with van der Waals surface area (Å²) in [4.78, 5) is 0. The summed E-state index contributed by atoms with van der Waals surface area (Å²) in [5.41, 5.74) is 0. The molecular formula is C2H6BiNZr-. The van der Waals surface area contributed by atoms with Crippen molar-refractivity contribution >= 4 is 26.2 Å². The van der Waals surface area contributed by atoms with Gasteiger partial charge in [-0.1, -0.05) is 0 Å². The molecule has 0 aromatic carbocycles. The summed E-state index contributed by atoms with van der Waals surface area (Å²) in [5, 5.41) is 3.50. The molecule has 0 aromatic rings. The van der Waals surface area contributed by atoms with E-state index in [9.17, 15) is 0 Å². The van der Waals surface area contributed by atoms with E-state index in [-0.39, 0.29) is 52.4 Å². The van der Waals surface area contributed by atoms with Crippen LogP contribution < -0.4 is 0 Å². The zero-order valence-electron chi connectivity index (χ0n) is 3.39. The standard InChI is InChI=1S/C2H6N.Bi.Zr/c1-3-2;;/h1-2H3;;/q-1;;. The van der Waals surface area contributed by atoms with Crippen LogP contribution >= 0.6 is 0 Å². The minimum atomic E-state index is 0. The van der Waals surface area contributed by atoms with Gasteiger partial charge in [0.15, 0.2) is 0 Å². The van der Waals surface area contributed by atoms with Crippen molar-refractivity contribution in [3.8, 4) is 0 Å². The van der Waals surface area contributed by atoms with E-state index >= 15 is 0 Å². The molecule has 29 valence electrons. The Balaban J connectivity index is -0.0000000200. The van der Waals surface area contributed by atoms with Gasteiger partial charge in [-0.05, 0) is 0 Å². The van der Waals surface area contributed by atoms with Gasteiger partial charge in [0.05, 0.1) is 0 Å². The minimum Gasteiger partial charge on any atom is -0.668 e. The van der Waals surface area contributed by atoms with E-state index in [1.807, 2.05) is 0 Å². The normalized spacial score (nSPS) is 3.60. The maximum atomic E-state index is 3.50. The predicted octanol–water partition coefficient (Wildman–Crippen LogP) is 0.236. The molecule has 0 heterocycles. The second kappa shape index (κ2) is 17.2. The third-order valence-electron chi connectivity index (χ3n) is 0. The Bertz CT molecular complexity index is 9.61. The van der Waals surface area contributed by atoms with E-state index in [0.29, 0.717) is 0 Å². The molecule has 0 aromatic heterocycles. The first-order valence-electron chi connectivity index (χ1n) is 0.894. The summed E-state index contributed by atoms with van der Waals surface area (Å²) in [6, 6.07) is 0. The molecule has 0 aliphatic carbocycles. The summed E-state index contributed by atoms with van der Waals surface area (Å²) in [7, 11) is 3.50. The van der Waals surface area contributed by atoms with Gasteiger partial charge in [0, 0.05) is 52.4 Å². The summed E-state index contributed by atoms with van der Waals surface area (Å²) < 4.78 is 0. The molecule has 5 heavy (non-hydrogen) atoms. The van der Waals surface area contributed by atoms with E-state index in [1.165, 1.54) is 0 Å². The third kappa shape index (κ3) is 26.7. The van der Waals surface area contributed by atoms with Crippen LogP contribution in [0.2, 0.25) is 0 Å². The monoisotopic (exact) mass is 343 g/mol. The zero-order chi connectivity index (χ0) is 2.71. The van der Waals surface area contributed by atoms with Crippen molar-refractivity contribution in [2.75, 3.05) is 14.1 Å². The molecule has 3 heteroatoms. The second-order valence-corrected chi connectivity index (χ2v) is 0.447. The van der Waals surface area contributed by atoms with Crippen LogP contribution in [0.5, 0.6) is 0 Å². The van der Waals surface area contributed by atoms with E-state index in [0.717, 1.165) is 0 Å². The number of rotatable bonds is 0. The number of hydrogen-bond donors (Lipinski definition) is 0. The maximum absolute atomic E-state index is 3.50. The Morgan fingerprint density at radius 2 is 1.20 bits per heavy atom. The zero-order valence-corrected chi connectivity index (χ0v) is 9.33. The quantitative estimate of drug-likeness (QED) is 0.559. The van der Waals surface area contributed by atoms with Crippen molar-refractivity contribution in [2.24, 2.45) is 0 Å². The molecule has 0 atom stereocenters. The summed E-state index contributed by atoms with van der Waals surface area (Å²) in [6.07, 6.45) is 0. The van der Waals surface area contributed by atoms with Gasteiger partial charge in [-0.25, -0.2) is 0 Å². The van der Waals surface area contributed by atoms with Gasteiger partial charge < -0.3 is 5.32 Å². The van der Waals surface area contributed by atoms with Gasteiger partial charge in [0.2, 0.25) is 0 Å². The molecular weight excluding hydrogens is 338 g/mol. The molecule has 0 fully saturated rings. The Morgan fingerprint density at radius 3 is 1.20 bits per heavy atom. The molecule has 0 spiro atoms. The Hall–Kier alpha value is 1.73. The topological polar surface area (TPSA) is 14.1 Å². The summed E-state index contributed by atoms with van der Waals surface area (Å²) in [5.74, 6) is 0. The van der Waals surface area contributed by atoms with Gasteiger partial charge in [-0.3, -0.25) is 0 Å². The summed E-state index contributed by atoms with van der Waals surface area (Å²) in [6.45, 7) is 0. The van der Waals surface area contributed by atoms with Crippen molar-refractivity contribution in [1.82, 2.24) is 0 Å². The van der Waals surface area contributed by atoms with Crippen LogP contribution in [0.25, 0.3) is 5.32 Å². The fourth-order valence-electron chi connectivity index (χ4n) is 0. The molecule has 0 N–H and O–H groups in total. The maximum Gasteiger partial charge on any atom is 0 e. The SMILES string of the molecule is C[N-]C.[Bi].[Zr]. The van der Waals surface area contributed by atoms with Gasteiger partial charge in [0.25, 0.3) is 0 Å². The molecule has 3 radical (unpaired) electrons. The first kappa shape index (κ1) is 15.9. The van der Waals surface area contributed by atoms with Crippen LogP contribution in [-0.2, 0) is 26.2 Å². The van der Waals surface area contributed by atoms with Crippen LogP contribution in [0.4, 0.5) is 0 Å². The molecule has 0 aliphatic rings. The second-order valence-electron chi connectivity index (χ2n) is 0.447. The van der Waals surface area contributed by atoms with E-state index in [1.54, 1.807) is 14.1 Å². The molecule has 0 bridgehead atoms. The van der Waals surface area contributed by atoms with Crippen molar-refractivity contribution < 1.29 is 26.2 Å². The van der Waals surface area contributed by atoms with Crippen LogP contribution in [-0.4, -0.2) is 40.3 Å². The third-order valence-corrected chi connectivity index (χ3v) is 0. The fourth-order valence-corrected chi connectivity index (χ4v) is 0. The smallest absolute Gasteiger partial charge is 0 e. The van der Waals surface area contributed by atoms with Gasteiger partial charge in [-0.2, -0.15) is 14.1 Å². The first-order valence-corrected chi connectivity index (χ1v) is 0.894. The molecule has 0 saturated heterocycles. The van der Waals surface area contributed by atoms with Crippen LogP contribution in [0.1, 0.15) is 0 Å². The van der Waals surface area contributed by atoms with E-state index in [2.05, 4.69) is 5.32 Å². The Kier molecular flexibility index (Phi) is 54.7. The molecule has 0 rings (SSSR count). The van der Waals surface area contributed by atoms with Crippen LogP contribution in [0.3, 0.4) is 0 Å². The number of nitrogens with zero attached hydrogens (tertiary/aromatic N) is 1. The van der Waals surface area contributed by atoms with E-state index in [4.69, 9.17) is 0 Å². The minimum absolute atomic E-state index is 0. The molecule has 0 aliphatic heterocycles. The first-order chi connectivity index (χ1) is 1.41. The Labute approximate surface area is 71.2 Å². The molecule has 0 amide bonds. The van der Waals surface area contributed by atoms with E-state index < -0.39 is 0 Å². The van der Waals surface area contributed by atoms with Crippen LogP contribution in [0, 0.1) is 0 Å². The average molecular weight is 344 g/mol. The van der Waals surface area contributed by atoms with Gasteiger partial charge >= 0.3 is 0 Å². The average Bonchev–Trinajstić information content (AvgIpc) is 0.918. The van der Waals surface area contributed by atoms with Crippen molar-refractivity contribution in [3.05, 3.63) is 5.32 Å². The number of hydrogen-bond acceptors (Lipinski definition) is 0. The van der Waals surface area contributed by atoms with Crippen molar-refractivity contribution in [1.29, 1.82) is 0 Å². The van der Waals surface area contributed by atoms with Crippen molar-refractivity contribution in [3.63, 3.8) is 0 Å². The summed E-state index contributed by atoms with van der Waals surface area (Å²) >= 11 is 0. The van der Waals surface area contributed by atoms with Gasteiger partial charge in [0.1, 0.15) is 0 Å². The fraction of sp³-hybridized carbons (Fsp3) is 1.00. The van der Waals surface area contributed by atoms with Gasteiger partial charge in [-0.15, -0.1) is 0 Å². The molecule has 0 unspecified atom stereocenters. The predicted molar refractivity (Wildman–Crippen MR) is 21.0 cm³/mol. The molecule has 1 nitrogen and oxygen atoms in total. The van der Waals surface area contributed by atoms with Crippen LogP contribution in [0.15, 0.2) is 0 Å². The molecule has 0 saturated carbocycles.